The van der Waals surface area contributed by atoms with Gasteiger partial charge in [0.25, 0.3) is 0 Å². The monoisotopic (exact) mass is 266 g/mol. The maximum absolute atomic E-state index is 12.1. The molecule has 2 rings (SSSR count). The van der Waals surface area contributed by atoms with E-state index in [0.29, 0.717) is 12.3 Å². The van der Waals surface area contributed by atoms with Crippen LogP contribution in [-0.2, 0) is 4.79 Å². The first-order valence-electron chi connectivity index (χ1n) is 6.60. The van der Waals surface area contributed by atoms with Gasteiger partial charge in [-0.2, -0.15) is 0 Å². The van der Waals surface area contributed by atoms with Crippen LogP contribution in [0.5, 0.6) is 0 Å². The molecule has 1 aliphatic heterocycles. The van der Waals surface area contributed by atoms with Crippen molar-refractivity contribution in [2.45, 2.75) is 45.7 Å². The van der Waals surface area contributed by atoms with Gasteiger partial charge in [0.1, 0.15) is 0 Å². The van der Waals surface area contributed by atoms with E-state index in [0.717, 1.165) is 13.0 Å². The summed E-state index contributed by atoms with van der Waals surface area (Å²) in [5, 5.41) is 0. The summed E-state index contributed by atoms with van der Waals surface area (Å²) >= 11 is 1.76. The van der Waals surface area contributed by atoms with Crippen molar-refractivity contribution in [1.29, 1.82) is 0 Å². The number of rotatable bonds is 3. The number of nitrogens with two attached hydrogens (primary N) is 1. The lowest BCUT2D eigenvalue weighted by atomic mass is 9.94. The summed E-state index contributed by atoms with van der Waals surface area (Å²) in [6.45, 7) is 7.18. The molecule has 18 heavy (non-hydrogen) atoms. The zero-order chi connectivity index (χ0) is 13.3. The molecule has 0 aromatic carbocycles. The Kier molecular flexibility index (Phi) is 4.07. The van der Waals surface area contributed by atoms with E-state index in [1.165, 1.54) is 9.75 Å². The SMILES string of the molecule is Cc1ccc(C2C(N)CCC(=O)N2CC(C)C)s1. The van der Waals surface area contributed by atoms with Gasteiger partial charge in [-0.1, -0.05) is 13.8 Å². The lowest BCUT2D eigenvalue weighted by molar-refractivity contribution is -0.137. The van der Waals surface area contributed by atoms with E-state index in [1.54, 1.807) is 11.3 Å². The first-order valence-corrected chi connectivity index (χ1v) is 7.42. The molecule has 0 aliphatic carbocycles. The molecule has 1 aromatic rings. The molecular weight excluding hydrogens is 244 g/mol. The van der Waals surface area contributed by atoms with Crippen LogP contribution < -0.4 is 5.73 Å². The quantitative estimate of drug-likeness (QED) is 0.914. The summed E-state index contributed by atoms with van der Waals surface area (Å²) < 4.78 is 0. The summed E-state index contributed by atoms with van der Waals surface area (Å²) in [6, 6.07) is 4.38. The second-order valence-corrected chi connectivity index (χ2v) is 6.86. The van der Waals surface area contributed by atoms with Gasteiger partial charge in [0, 0.05) is 28.8 Å². The Balaban J connectivity index is 2.28. The van der Waals surface area contributed by atoms with Gasteiger partial charge < -0.3 is 10.6 Å². The third kappa shape index (κ3) is 2.75. The van der Waals surface area contributed by atoms with E-state index in [9.17, 15) is 4.79 Å². The van der Waals surface area contributed by atoms with E-state index in [4.69, 9.17) is 5.73 Å². The van der Waals surface area contributed by atoms with E-state index in [2.05, 4.69) is 32.9 Å². The molecule has 1 aliphatic rings. The number of carbonyl (C=O) groups excluding carboxylic acids is 1. The molecule has 4 heteroatoms. The van der Waals surface area contributed by atoms with Crippen LogP contribution in [0.15, 0.2) is 12.1 Å². The number of hydrogen-bond acceptors (Lipinski definition) is 3. The first kappa shape index (κ1) is 13.6. The number of piperidine rings is 1. The average Bonchev–Trinajstić information content (AvgIpc) is 2.70. The van der Waals surface area contributed by atoms with Crippen molar-refractivity contribution in [3.05, 3.63) is 21.9 Å². The van der Waals surface area contributed by atoms with Gasteiger partial charge in [-0.25, -0.2) is 0 Å². The van der Waals surface area contributed by atoms with Gasteiger partial charge in [-0.3, -0.25) is 4.79 Å². The number of nitrogens with zero attached hydrogens (tertiary/aromatic N) is 1. The molecule has 100 valence electrons. The van der Waals surface area contributed by atoms with Gasteiger partial charge in [0.2, 0.25) is 5.91 Å². The van der Waals surface area contributed by atoms with Crippen molar-refractivity contribution in [3.8, 4) is 0 Å². The van der Waals surface area contributed by atoms with Crippen LogP contribution >= 0.6 is 11.3 Å². The summed E-state index contributed by atoms with van der Waals surface area (Å²) in [5.74, 6) is 0.726. The van der Waals surface area contributed by atoms with Gasteiger partial charge in [-0.15, -0.1) is 11.3 Å². The lowest BCUT2D eigenvalue weighted by Crippen LogP contribution is -2.49. The molecule has 2 N–H and O–H groups in total. The molecule has 1 aromatic heterocycles. The van der Waals surface area contributed by atoms with Crippen molar-refractivity contribution in [1.82, 2.24) is 4.90 Å². The molecule has 0 radical (unpaired) electrons. The number of thiophene rings is 1. The highest BCUT2D eigenvalue weighted by Gasteiger charge is 2.35. The smallest absolute Gasteiger partial charge is 0.223 e. The van der Waals surface area contributed by atoms with Crippen LogP contribution in [0, 0.1) is 12.8 Å². The minimum absolute atomic E-state index is 0.0690. The van der Waals surface area contributed by atoms with Gasteiger partial charge >= 0.3 is 0 Å². The molecule has 3 nitrogen and oxygen atoms in total. The Morgan fingerprint density at radius 1 is 1.50 bits per heavy atom. The molecule has 2 unspecified atom stereocenters. The van der Waals surface area contributed by atoms with Crippen molar-refractivity contribution in [2.24, 2.45) is 11.7 Å². The first-order chi connectivity index (χ1) is 8.49. The molecule has 1 fully saturated rings. The van der Waals surface area contributed by atoms with Crippen LogP contribution in [-0.4, -0.2) is 23.4 Å². The highest BCUT2D eigenvalue weighted by atomic mass is 32.1. The number of aryl methyl sites for hydroxylation is 1. The fourth-order valence-corrected chi connectivity index (χ4v) is 3.63. The summed E-state index contributed by atoms with van der Waals surface area (Å²) in [5.41, 5.74) is 6.26. The molecule has 1 amide bonds. The topological polar surface area (TPSA) is 46.3 Å². The predicted octanol–water partition coefficient (Wildman–Crippen LogP) is 2.70. The second-order valence-electron chi connectivity index (χ2n) is 5.54. The van der Waals surface area contributed by atoms with Crippen LogP contribution in [0.4, 0.5) is 0 Å². The molecular formula is C14H22N2OS. The van der Waals surface area contributed by atoms with Crippen molar-refractivity contribution < 1.29 is 4.79 Å². The minimum atomic E-state index is 0.0690. The van der Waals surface area contributed by atoms with Crippen LogP contribution in [0.2, 0.25) is 0 Å². The number of likely N-dealkylation sites (tertiary alicyclic amines) is 1. The Hall–Kier alpha value is -0.870. The Morgan fingerprint density at radius 2 is 2.22 bits per heavy atom. The number of carbonyl (C=O) groups is 1. The normalized spacial score (nSPS) is 24.9. The number of amides is 1. The largest absolute Gasteiger partial charge is 0.333 e. The van der Waals surface area contributed by atoms with Crippen molar-refractivity contribution >= 4 is 17.2 Å². The van der Waals surface area contributed by atoms with Crippen LogP contribution in [0.25, 0.3) is 0 Å². The maximum atomic E-state index is 12.1. The molecule has 0 saturated carbocycles. The molecule has 0 spiro atoms. The Morgan fingerprint density at radius 3 is 2.78 bits per heavy atom. The lowest BCUT2D eigenvalue weighted by Gasteiger charge is -2.40. The molecule has 1 saturated heterocycles. The van der Waals surface area contributed by atoms with E-state index in [-0.39, 0.29) is 18.0 Å². The number of hydrogen-bond donors (Lipinski definition) is 1. The summed E-state index contributed by atoms with van der Waals surface area (Å²) in [7, 11) is 0. The Labute approximate surface area is 113 Å². The molecule has 0 bridgehead atoms. The van der Waals surface area contributed by atoms with Crippen LogP contribution in [0.3, 0.4) is 0 Å². The maximum Gasteiger partial charge on any atom is 0.223 e. The zero-order valence-electron chi connectivity index (χ0n) is 11.3. The van der Waals surface area contributed by atoms with Gasteiger partial charge in [-0.05, 0) is 31.4 Å². The minimum Gasteiger partial charge on any atom is -0.333 e. The second kappa shape index (κ2) is 5.41. The fourth-order valence-electron chi connectivity index (χ4n) is 2.56. The predicted molar refractivity (Wildman–Crippen MR) is 75.6 cm³/mol. The summed E-state index contributed by atoms with van der Waals surface area (Å²) in [6.07, 6.45) is 1.39. The fraction of sp³-hybridized carbons (Fsp3) is 0.643. The van der Waals surface area contributed by atoms with Gasteiger partial charge in [0.05, 0.1) is 6.04 Å². The van der Waals surface area contributed by atoms with Gasteiger partial charge in [0.15, 0.2) is 0 Å². The zero-order valence-corrected chi connectivity index (χ0v) is 12.2. The highest BCUT2D eigenvalue weighted by molar-refractivity contribution is 7.12. The Bertz CT molecular complexity index is 427. The van der Waals surface area contributed by atoms with Crippen molar-refractivity contribution in [2.75, 3.05) is 6.54 Å². The average molecular weight is 266 g/mol. The molecule has 2 atom stereocenters. The van der Waals surface area contributed by atoms with E-state index >= 15 is 0 Å². The third-order valence-electron chi connectivity index (χ3n) is 3.37. The standard InChI is InChI=1S/C14H22N2OS/c1-9(2)8-16-13(17)7-5-11(15)14(16)12-6-4-10(3)18-12/h4,6,9,11,14H,5,7-8,15H2,1-3H3. The molecule has 2 heterocycles. The van der Waals surface area contributed by atoms with Crippen molar-refractivity contribution in [3.63, 3.8) is 0 Å². The van der Waals surface area contributed by atoms with E-state index in [1.807, 2.05) is 4.90 Å². The van der Waals surface area contributed by atoms with Crippen LogP contribution in [0.1, 0.15) is 42.5 Å². The third-order valence-corrected chi connectivity index (χ3v) is 4.44. The highest BCUT2D eigenvalue weighted by Crippen LogP contribution is 2.35. The summed E-state index contributed by atoms with van der Waals surface area (Å²) in [4.78, 5) is 16.6. The van der Waals surface area contributed by atoms with E-state index < -0.39 is 0 Å².